The summed E-state index contributed by atoms with van der Waals surface area (Å²) in [5.41, 5.74) is 0.458. The first-order valence-corrected chi connectivity index (χ1v) is 11.1. The van der Waals surface area contributed by atoms with Crippen molar-refractivity contribution in [3.05, 3.63) is 56.0 Å². The topological polar surface area (TPSA) is 94.2 Å². The Morgan fingerprint density at radius 1 is 1.21 bits per heavy atom. The molecular formula is C21H15BrCl2N2O6S. The third-order valence-electron chi connectivity index (χ3n) is 4.43. The lowest BCUT2D eigenvalue weighted by Gasteiger charge is -2.29. The molecule has 2 aromatic carbocycles. The number of methoxy groups -OCH3 is 2. The Kier molecular flexibility index (Phi) is 7.96. The van der Waals surface area contributed by atoms with Crippen LogP contribution in [0, 0.1) is 0 Å². The molecule has 0 aliphatic carbocycles. The number of rotatable bonds is 6. The van der Waals surface area contributed by atoms with Crippen molar-refractivity contribution in [2.75, 3.05) is 25.7 Å². The number of halogens is 3. The van der Waals surface area contributed by atoms with E-state index in [0.717, 1.165) is 4.90 Å². The molecule has 0 spiro atoms. The van der Waals surface area contributed by atoms with Gasteiger partial charge in [0.2, 0.25) is 0 Å². The summed E-state index contributed by atoms with van der Waals surface area (Å²) in [6.07, 6.45) is 1.36. The molecule has 1 N–H and O–H groups in total. The fourth-order valence-corrected chi connectivity index (χ4v) is 3.92. The van der Waals surface area contributed by atoms with Gasteiger partial charge < -0.3 is 14.2 Å². The van der Waals surface area contributed by atoms with Gasteiger partial charge in [0.05, 0.1) is 30.0 Å². The van der Waals surface area contributed by atoms with E-state index in [9.17, 15) is 14.4 Å². The van der Waals surface area contributed by atoms with Crippen LogP contribution in [0.25, 0.3) is 6.08 Å². The molecule has 0 radical (unpaired) electrons. The molecule has 0 saturated carbocycles. The van der Waals surface area contributed by atoms with Crippen LogP contribution in [0.5, 0.6) is 11.5 Å². The highest BCUT2D eigenvalue weighted by atomic mass is 79.9. The highest BCUT2D eigenvalue weighted by Crippen LogP contribution is 2.37. The van der Waals surface area contributed by atoms with Gasteiger partial charge in [-0.05, 0) is 48.1 Å². The molecule has 1 heterocycles. The number of nitrogens with zero attached hydrogens (tertiary/aromatic N) is 1. The molecule has 0 bridgehead atoms. The summed E-state index contributed by atoms with van der Waals surface area (Å²) in [6, 6.07) is 7.80. The van der Waals surface area contributed by atoms with E-state index in [-0.39, 0.29) is 44.5 Å². The van der Waals surface area contributed by atoms with Crippen molar-refractivity contribution >= 4 is 86.0 Å². The molecule has 8 nitrogen and oxygen atoms in total. The van der Waals surface area contributed by atoms with E-state index in [1.54, 1.807) is 18.2 Å². The summed E-state index contributed by atoms with van der Waals surface area (Å²) in [6.45, 7) is -0.326. The molecule has 3 rings (SSSR count). The van der Waals surface area contributed by atoms with E-state index >= 15 is 0 Å². The van der Waals surface area contributed by atoms with Crippen molar-refractivity contribution in [2.45, 2.75) is 0 Å². The number of ether oxygens (including phenoxy) is 3. The monoisotopic (exact) mass is 572 g/mol. The van der Waals surface area contributed by atoms with Gasteiger partial charge in [0, 0.05) is 4.47 Å². The molecule has 2 amide bonds. The molecule has 1 aliphatic rings. The van der Waals surface area contributed by atoms with Gasteiger partial charge in [-0.3, -0.25) is 19.8 Å². The SMILES string of the molecule is COC(=O)COc1cc(Br)c(/C=C2\C(=O)NC(=S)N(c3cccc(Cl)c3Cl)C2=O)cc1OC. The van der Waals surface area contributed by atoms with Gasteiger partial charge >= 0.3 is 5.97 Å². The number of amides is 2. The summed E-state index contributed by atoms with van der Waals surface area (Å²) in [5.74, 6) is -1.42. The zero-order valence-corrected chi connectivity index (χ0v) is 21.0. The third kappa shape index (κ3) is 5.30. The minimum absolute atomic E-state index is 0.111. The second-order valence-corrected chi connectivity index (χ2v) is 8.45. The first-order chi connectivity index (χ1) is 15.7. The maximum atomic E-state index is 13.2. The summed E-state index contributed by atoms with van der Waals surface area (Å²) in [5, 5.41) is 2.68. The number of benzene rings is 2. The van der Waals surface area contributed by atoms with Gasteiger partial charge in [-0.1, -0.05) is 45.2 Å². The van der Waals surface area contributed by atoms with Gasteiger partial charge in [0.25, 0.3) is 11.8 Å². The van der Waals surface area contributed by atoms with Gasteiger partial charge in [-0.25, -0.2) is 4.79 Å². The maximum Gasteiger partial charge on any atom is 0.343 e. The van der Waals surface area contributed by atoms with Crippen LogP contribution in [0.2, 0.25) is 10.0 Å². The highest BCUT2D eigenvalue weighted by Gasteiger charge is 2.36. The van der Waals surface area contributed by atoms with Crippen molar-refractivity contribution in [3.63, 3.8) is 0 Å². The van der Waals surface area contributed by atoms with Gasteiger partial charge in [0.1, 0.15) is 5.57 Å². The predicted octanol–water partition coefficient (Wildman–Crippen LogP) is 4.15. The number of anilines is 1. The number of carbonyl (C=O) groups excluding carboxylic acids is 3. The quantitative estimate of drug-likeness (QED) is 0.240. The first kappa shape index (κ1) is 25.0. The average molecular weight is 574 g/mol. The predicted molar refractivity (Wildman–Crippen MR) is 131 cm³/mol. The van der Waals surface area contributed by atoms with Crippen molar-refractivity contribution in [3.8, 4) is 11.5 Å². The van der Waals surface area contributed by atoms with Crippen LogP contribution in [0.1, 0.15) is 5.56 Å². The van der Waals surface area contributed by atoms with Gasteiger partial charge in [0.15, 0.2) is 23.2 Å². The number of thiocarbonyl (C=S) groups is 1. The molecule has 1 fully saturated rings. The van der Waals surface area contributed by atoms with Crippen LogP contribution in [0.3, 0.4) is 0 Å². The smallest absolute Gasteiger partial charge is 0.343 e. The molecule has 2 aromatic rings. The second-order valence-electron chi connectivity index (χ2n) is 6.42. The molecule has 12 heteroatoms. The molecule has 172 valence electrons. The Balaban J connectivity index is 2.01. The van der Waals surface area contributed by atoms with Crippen molar-refractivity contribution in [2.24, 2.45) is 0 Å². The maximum absolute atomic E-state index is 13.2. The molecule has 33 heavy (non-hydrogen) atoms. The fraction of sp³-hybridized carbons (Fsp3) is 0.143. The third-order valence-corrected chi connectivity index (χ3v) is 6.21. The van der Waals surface area contributed by atoms with Crippen molar-refractivity contribution in [1.29, 1.82) is 0 Å². The highest BCUT2D eigenvalue weighted by molar-refractivity contribution is 9.10. The summed E-state index contributed by atoms with van der Waals surface area (Å²) in [4.78, 5) is 38.3. The number of carbonyl (C=O) groups is 3. The first-order valence-electron chi connectivity index (χ1n) is 9.10. The van der Waals surface area contributed by atoms with Crippen LogP contribution in [0.15, 0.2) is 40.4 Å². The Morgan fingerprint density at radius 2 is 1.94 bits per heavy atom. The largest absolute Gasteiger partial charge is 0.493 e. The molecule has 0 atom stereocenters. The number of esters is 1. The second kappa shape index (κ2) is 10.5. The fourth-order valence-electron chi connectivity index (χ4n) is 2.83. The zero-order valence-electron chi connectivity index (χ0n) is 17.1. The number of hydrogen-bond donors (Lipinski definition) is 1. The standard InChI is InChI=1S/C21H15BrCl2N2O6S/c1-30-15-7-10(12(22)8-16(15)32-9-17(27)31-2)6-11-19(28)25-21(33)26(20(11)29)14-5-3-4-13(23)18(14)24/h3-8H,9H2,1-2H3,(H,25,28,33)/b11-6+. The van der Waals surface area contributed by atoms with Crippen LogP contribution in [-0.4, -0.2) is 43.7 Å². The van der Waals surface area contributed by atoms with Crippen molar-refractivity contribution in [1.82, 2.24) is 5.32 Å². The molecule has 0 aromatic heterocycles. The Labute approximate surface area is 212 Å². The summed E-state index contributed by atoms with van der Waals surface area (Å²) in [7, 11) is 2.65. The minimum atomic E-state index is -0.690. The van der Waals surface area contributed by atoms with Crippen LogP contribution in [0.4, 0.5) is 5.69 Å². The Bertz CT molecular complexity index is 1200. The summed E-state index contributed by atoms with van der Waals surface area (Å²) >= 11 is 20.9. The lowest BCUT2D eigenvalue weighted by atomic mass is 10.1. The molecule has 1 saturated heterocycles. The van der Waals surface area contributed by atoms with E-state index in [2.05, 4.69) is 26.0 Å². The molecule has 1 aliphatic heterocycles. The normalized spacial score (nSPS) is 14.9. The van der Waals surface area contributed by atoms with Gasteiger partial charge in [-0.15, -0.1) is 0 Å². The van der Waals surface area contributed by atoms with Crippen LogP contribution in [-0.2, 0) is 19.1 Å². The lowest BCUT2D eigenvalue weighted by molar-refractivity contribution is -0.143. The molecule has 0 unspecified atom stereocenters. The van der Waals surface area contributed by atoms with E-state index in [1.165, 1.54) is 32.4 Å². The van der Waals surface area contributed by atoms with E-state index in [1.807, 2.05) is 0 Å². The van der Waals surface area contributed by atoms with Gasteiger partial charge in [-0.2, -0.15) is 0 Å². The summed E-state index contributed by atoms with van der Waals surface area (Å²) < 4.78 is 15.7. The Hall–Kier alpha value is -2.66. The Morgan fingerprint density at radius 3 is 2.61 bits per heavy atom. The van der Waals surface area contributed by atoms with Crippen molar-refractivity contribution < 1.29 is 28.6 Å². The van der Waals surface area contributed by atoms with Crippen LogP contribution < -0.4 is 19.7 Å². The van der Waals surface area contributed by atoms with E-state index in [0.29, 0.717) is 10.0 Å². The molecular weight excluding hydrogens is 559 g/mol. The average Bonchev–Trinajstić information content (AvgIpc) is 2.78. The zero-order chi connectivity index (χ0) is 24.3. The number of hydrogen-bond acceptors (Lipinski definition) is 7. The van der Waals surface area contributed by atoms with E-state index in [4.69, 9.17) is 44.9 Å². The lowest BCUT2D eigenvalue weighted by Crippen LogP contribution is -2.54. The minimum Gasteiger partial charge on any atom is -0.493 e. The van der Waals surface area contributed by atoms with Crippen LogP contribution >= 0.6 is 51.3 Å². The number of nitrogens with one attached hydrogen (secondary N) is 1. The van der Waals surface area contributed by atoms with E-state index < -0.39 is 17.8 Å².